The molecule has 5 rings (SSSR count). The maximum absolute atomic E-state index is 12.8. The fraction of sp³-hybridized carbons (Fsp3) is 0.731. The van der Waals surface area contributed by atoms with Crippen molar-refractivity contribution in [2.45, 2.75) is 78.2 Å². The van der Waals surface area contributed by atoms with Gasteiger partial charge < -0.3 is 9.64 Å². The Balaban J connectivity index is 1.49. The van der Waals surface area contributed by atoms with Crippen molar-refractivity contribution in [3.63, 3.8) is 0 Å². The maximum Gasteiger partial charge on any atom is 0.312 e. The van der Waals surface area contributed by atoms with E-state index in [-0.39, 0.29) is 27.8 Å². The number of fused-ring (bicyclic) bond motifs is 6. The number of carbonyl (C=O) groups is 1. The van der Waals surface area contributed by atoms with Crippen LogP contribution in [0.1, 0.15) is 72.6 Å². The lowest BCUT2D eigenvalue weighted by atomic mass is 9.48. The van der Waals surface area contributed by atoms with Gasteiger partial charge in [-0.25, -0.2) is 0 Å². The quantitative estimate of drug-likeness (QED) is 0.483. The number of allylic oxidation sites excluding steroid dienone is 3. The Morgan fingerprint density at radius 3 is 2.52 bits per heavy atom. The molecule has 2 heterocycles. The molecule has 0 N–H and O–H groups in total. The molecule has 3 aliphatic carbocycles. The molecule has 0 aromatic carbocycles. The van der Waals surface area contributed by atoms with E-state index in [9.17, 15) is 4.79 Å². The molecule has 3 heteroatoms. The second-order valence-corrected chi connectivity index (χ2v) is 11.6. The predicted octanol–water partition coefficient (Wildman–Crippen LogP) is 5.84. The van der Waals surface area contributed by atoms with E-state index in [0.29, 0.717) is 17.8 Å². The minimum Gasteiger partial charge on any atom is -0.458 e. The summed E-state index contributed by atoms with van der Waals surface area (Å²) < 4.78 is 6.38. The first-order valence-corrected chi connectivity index (χ1v) is 11.6. The number of hydrogen-bond donors (Lipinski definition) is 0. The zero-order valence-electron chi connectivity index (χ0n) is 18.9. The lowest BCUT2D eigenvalue weighted by Crippen LogP contribution is -2.58. The number of nitrogens with zero attached hydrogens (tertiary/aromatic N) is 1. The lowest BCUT2D eigenvalue weighted by molar-refractivity contribution is -0.208. The minimum atomic E-state index is -0.327. The highest BCUT2D eigenvalue weighted by Gasteiger charge is 2.67. The molecule has 5 aliphatic rings. The summed E-state index contributed by atoms with van der Waals surface area (Å²) >= 11 is 0. The van der Waals surface area contributed by atoms with Gasteiger partial charge in [-0.15, -0.1) is 0 Å². The maximum atomic E-state index is 12.8. The highest BCUT2D eigenvalue weighted by Crippen LogP contribution is 2.69. The number of ether oxygens (including phenoxy) is 1. The van der Waals surface area contributed by atoms with E-state index < -0.39 is 0 Å². The van der Waals surface area contributed by atoms with Gasteiger partial charge in [-0.05, 0) is 82.6 Å². The molecule has 6 atom stereocenters. The number of likely N-dealkylation sites (N-methyl/N-ethyl adjacent to an activating group) is 1. The van der Waals surface area contributed by atoms with E-state index >= 15 is 0 Å². The van der Waals surface area contributed by atoms with Gasteiger partial charge in [-0.2, -0.15) is 0 Å². The smallest absolute Gasteiger partial charge is 0.312 e. The zero-order valence-corrected chi connectivity index (χ0v) is 18.9. The Labute approximate surface area is 176 Å². The number of rotatable bonds is 0. The Bertz CT molecular complexity index is 838. The summed E-state index contributed by atoms with van der Waals surface area (Å²) in [7, 11) is 2.16. The van der Waals surface area contributed by atoms with Gasteiger partial charge in [-0.1, -0.05) is 32.6 Å². The average molecular weight is 396 g/mol. The molecular formula is C26H37NO2. The molecule has 0 aromatic rings. The molecule has 0 aromatic heterocycles. The lowest BCUT2D eigenvalue weighted by Gasteiger charge is -2.60. The van der Waals surface area contributed by atoms with Crippen LogP contribution < -0.4 is 0 Å². The fourth-order valence-electron chi connectivity index (χ4n) is 7.92. The van der Waals surface area contributed by atoms with Crippen LogP contribution in [0.3, 0.4) is 0 Å². The summed E-state index contributed by atoms with van der Waals surface area (Å²) in [6.45, 7) is 13.2. The molecule has 29 heavy (non-hydrogen) atoms. The molecule has 0 radical (unpaired) electrons. The van der Waals surface area contributed by atoms with E-state index in [1.165, 1.54) is 25.0 Å². The number of hydrogen-bond acceptors (Lipinski definition) is 3. The first-order valence-electron chi connectivity index (χ1n) is 11.6. The van der Waals surface area contributed by atoms with Gasteiger partial charge in [0.05, 0.1) is 5.41 Å². The SMILES string of the molecule is C=C1C=C[C@@]2(C)C(=CCC3C2CC[C@@]2(C)C3CC[C@@]23CCC(C)(C)C(=O)O3)N1C. The predicted molar refractivity (Wildman–Crippen MR) is 116 cm³/mol. The van der Waals surface area contributed by atoms with E-state index in [4.69, 9.17) is 4.74 Å². The third-order valence-corrected chi connectivity index (χ3v) is 10.0. The molecule has 3 fully saturated rings. The van der Waals surface area contributed by atoms with Gasteiger partial charge >= 0.3 is 5.97 Å². The van der Waals surface area contributed by atoms with Crippen molar-refractivity contribution in [3.8, 4) is 0 Å². The Morgan fingerprint density at radius 2 is 1.79 bits per heavy atom. The molecule has 158 valence electrons. The summed E-state index contributed by atoms with van der Waals surface area (Å²) in [5.41, 5.74) is 2.19. The largest absolute Gasteiger partial charge is 0.458 e. The van der Waals surface area contributed by atoms with E-state index in [1.54, 1.807) is 0 Å². The first-order chi connectivity index (χ1) is 13.5. The van der Waals surface area contributed by atoms with Crippen molar-refractivity contribution < 1.29 is 9.53 Å². The van der Waals surface area contributed by atoms with Crippen molar-refractivity contribution in [2.24, 2.45) is 34.0 Å². The Hall–Kier alpha value is -1.51. The van der Waals surface area contributed by atoms with Gasteiger partial charge in [0, 0.05) is 29.3 Å². The van der Waals surface area contributed by atoms with Crippen LogP contribution >= 0.6 is 0 Å². The van der Waals surface area contributed by atoms with Gasteiger partial charge in [0.25, 0.3) is 0 Å². The van der Waals surface area contributed by atoms with E-state index in [2.05, 4.69) is 50.6 Å². The molecule has 1 saturated heterocycles. The Kier molecular flexibility index (Phi) is 3.89. The van der Waals surface area contributed by atoms with Crippen molar-refractivity contribution in [1.82, 2.24) is 4.90 Å². The monoisotopic (exact) mass is 395 g/mol. The minimum absolute atomic E-state index is 0.0286. The first kappa shape index (κ1) is 19.5. The van der Waals surface area contributed by atoms with Gasteiger partial charge in [-0.3, -0.25) is 4.79 Å². The molecule has 1 spiro atoms. The molecule has 2 saturated carbocycles. The highest BCUT2D eigenvalue weighted by atomic mass is 16.6. The molecule has 2 aliphatic heterocycles. The van der Waals surface area contributed by atoms with Crippen molar-refractivity contribution in [3.05, 3.63) is 36.2 Å². The zero-order chi connectivity index (χ0) is 20.8. The van der Waals surface area contributed by atoms with Crippen LogP contribution in [0.25, 0.3) is 0 Å². The van der Waals surface area contributed by atoms with Crippen molar-refractivity contribution in [2.75, 3.05) is 7.05 Å². The van der Waals surface area contributed by atoms with E-state index in [1.807, 2.05) is 13.8 Å². The molecule has 0 amide bonds. The average Bonchev–Trinajstić information content (AvgIpc) is 2.95. The third kappa shape index (κ3) is 2.33. The highest BCUT2D eigenvalue weighted by molar-refractivity contribution is 5.77. The summed E-state index contributed by atoms with van der Waals surface area (Å²) in [4.78, 5) is 15.1. The van der Waals surface area contributed by atoms with E-state index in [0.717, 1.165) is 31.4 Å². The normalized spacial score (nSPS) is 48.0. The van der Waals surface area contributed by atoms with Crippen LogP contribution in [0.15, 0.2) is 36.2 Å². The van der Waals surface area contributed by atoms with Crippen LogP contribution in [0.4, 0.5) is 0 Å². The van der Waals surface area contributed by atoms with Crippen LogP contribution in [0.5, 0.6) is 0 Å². The van der Waals surface area contributed by atoms with Gasteiger partial charge in [0.2, 0.25) is 0 Å². The molecular weight excluding hydrogens is 358 g/mol. The third-order valence-electron chi connectivity index (χ3n) is 10.0. The summed E-state index contributed by atoms with van der Waals surface area (Å²) in [6, 6.07) is 0. The van der Waals surface area contributed by atoms with Crippen molar-refractivity contribution >= 4 is 5.97 Å². The summed E-state index contributed by atoms with van der Waals surface area (Å²) in [5.74, 6) is 2.02. The van der Waals surface area contributed by atoms with Gasteiger partial charge in [0.15, 0.2) is 0 Å². The topological polar surface area (TPSA) is 29.5 Å². The number of esters is 1. The van der Waals surface area contributed by atoms with Gasteiger partial charge in [0.1, 0.15) is 5.60 Å². The van der Waals surface area contributed by atoms with Crippen LogP contribution in [-0.4, -0.2) is 23.5 Å². The summed E-state index contributed by atoms with van der Waals surface area (Å²) in [6.07, 6.45) is 14.9. The van der Waals surface area contributed by atoms with Crippen molar-refractivity contribution in [1.29, 1.82) is 0 Å². The molecule has 3 unspecified atom stereocenters. The molecule has 3 nitrogen and oxygen atoms in total. The fourth-order valence-corrected chi connectivity index (χ4v) is 7.92. The van der Waals surface area contributed by atoms with Crippen LogP contribution in [-0.2, 0) is 9.53 Å². The second kappa shape index (κ2) is 5.80. The second-order valence-electron chi connectivity index (χ2n) is 11.6. The Morgan fingerprint density at radius 1 is 1.07 bits per heavy atom. The molecule has 0 bridgehead atoms. The standard InChI is InChI=1S/C26H37NO2/c1-17-9-12-24(4)19-10-13-25(5)20(18(19)7-8-21(24)27(17)6)11-14-26(25)16-15-23(2,3)22(28)29-26/h8-9,12,18-20H,1,7,10-11,13-16H2,2-6H3/t18?,19?,20?,24-,25+,26-/m1/s1. The summed E-state index contributed by atoms with van der Waals surface area (Å²) in [5, 5.41) is 0. The van der Waals surface area contributed by atoms with Crippen LogP contribution in [0.2, 0.25) is 0 Å². The number of carbonyl (C=O) groups excluding carboxylic acids is 1. The van der Waals surface area contributed by atoms with Crippen LogP contribution in [0, 0.1) is 34.0 Å².